The van der Waals surface area contributed by atoms with Crippen molar-refractivity contribution in [2.45, 2.75) is 23.9 Å². The molecule has 0 bridgehead atoms. The van der Waals surface area contributed by atoms with Crippen molar-refractivity contribution in [1.29, 1.82) is 0 Å². The van der Waals surface area contributed by atoms with Crippen LogP contribution in [-0.2, 0) is 32.5 Å². The van der Waals surface area contributed by atoms with Crippen molar-refractivity contribution in [2.75, 3.05) is 14.2 Å². The highest BCUT2D eigenvalue weighted by molar-refractivity contribution is 7.89. The SMILES string of the molecule is COC(=O)[C@@H](Cc1nn[nH]n1)N(Cc1ccccc1)S(=O)(=O)c1ccc(OC)cc1. The summed E-state index contributed by atoms with van der Waals surface area (Å²) in [6.45, 7) is -0.0488. The summed E-state index contributed by atoms with van der Waals surface area (Å²) in [5.41, 5.74) is 0.705. The van der Waals surface area contributed by atoms with Crippen LogP contribution in [0.3, 0.4) is 0 Å². The second-order valence-corrected chi connectivity index (χ2v) is 8.17. The molecule has 0 aliphatic rings. The highest BCUT2D eigenvalue weighted by atomic mass is 32.2. The van der Waals surface area contributed by atoms with Gasteiger partial charge in [-0.1, -0.05) is 35.5 Å². The number of carbonyl (C=O) groups excluding carboxylic acids is 1. The van der Waals surface area contributed by atoms with Crippen molar-refractivity contribution < 1.29 is 22.7 Å². The second kappa shape index (κ2) is 9.46. The third-order valence-electron chi connectivity index (χ3n) is 4.43. The van der Waals surface area contributed by atoms with Crippen LogP contribution in [0.5, 0.6) is 5.75 Å². The summed E-state index contributed by atoms with van der Waals surface area (Å²) in [6.07, 6.45) is -0.106. The first-order valence-corrected chi connectivity index (χ1v) is 10.4. The van der Waals surface area contributed by atoms with E-state index in [-0.39, 0.29) is 23.7 Å². The van der Waals surface area contributed by atoms with Crippen molar-refractivity contribution >= 4 is 16.0 Å². The maximum absolute atomic E-state index is 13.5. The van der Waals surface area contributed by atoms with E-state index in [0.29, 0.717) is 11.3 Å². The van der Waals surface area contributed by atoms with Crippen LogP contribution in [-0.4, -0.2) is 59.6 Å². The first-order chi connectivity index (χ1) is 14.5. The van der Waals surface area contributed by atoms with Crippen LogP contribution < -0.4 is 4.74 Å². The molecule has 0 saturated heterocycles. The van der Waals surface area contributed by atoms with Gasteiger partial charge in [0.2, 0.25) is 10.0 Å². The average molecular weight is 431 g/mol. The van der Waals surface area contributed by atoms with Gasteiger partial charge in [0.1, 0.15) is 11.8 Å². The Morgan fingerprint density at radius 1 is 1.10 bits per heavy atom. The summed E-state index contributed by atoms with van der Waals surface area (Å²) in [5, 5.41) is 13.5. The minimum absolute atomic E-state index is 0.0150. The number of nitrogens with zero attached hydrogens (tertiary/aromatic N) is 4. The molecule has 158 valence electrons. The lowest BCUT2D eigenvalue weighted by Crippen LogP contribution is -2.46. The maximum atomic E-state index is 13.5. The number of H-pyrrole nitrogens is 1. The van der Waals surface area contributed by atoms with Crippen molar-refractivity contribution in [3.8, 4) is 5.75 Å². The van der Waals surface area contributed by atoms with Gasteiger partial charge >= 0.3 is 5.97 Å². The maximum Gasteiger partial charge on any atom is 0.324 e. The number of hydrogen-bond acceptors (Lipinski definition) is 8. The summed E-state index contributed by atoms with van der Waals surface area (Å²) >= 11 is 0. The molecule has 0 spiro atoms. The molecule has 0 radical (unpaired) electrons. The number of nitrogens with one attached hydrogen (secondary N) is 1. The van der Waals surface area contributed by atoms with Crippen LogP contribution >= 0.6 is 0 Å². The molecule has 0 amide bonds. The van der Waals surface area contributed by atoms with Crippen LogP contribution in [0.4, 0.5) is 0 Å². The molecule has 30 heavy (non-hydrogen) atoms. The smallest absolute Gasteiger partial charge is 0.324 e. The van der Waals surface area contributed by atoms with Gasteiger partial charge in [-0.25, -0.2) is 8.42 Å². The van der Waals surface area contributed by atoms with Crippen molar-refractivity contribution in [1.82, 2.24) is 24.9 Å². The van der Waals surface area contributed by atoms with Gasteiger partial charge in [0.05, 0.1) is 19.1 Å². The number of tetrazole rings is 1. The van der Waals surface area contributed by atoms with E-state index in [1.54, 1.807) is 36.4 Å². The standard InChI is InChI=1S/C19H21N5O5S/c1-28-15-8-10-16(11-9-15)30(26,27)24(13-14-6-4-3-5-7-14)17(19(25)29-2)12-18-20-22-23-21-18/h3-11,17H,12-13H2,1-2H3,(H,20,21,22,23)/t17-/m1/s1. The van der Waals surface area contributed by atoms with Gasteiger partial charge in [0.15, 0.2) is 5.82 Å². The summed E-state index contributed by atoms with van der Waals surface area (Å²) < 4.78 is 38.2. The van der Waals surface area contributed by atoms with Crippen LogP contribution in [0.1, 0.15) is 11.4 Å². The van der Waals surface area contributed by atoms with E-state index in [4.69, 9.17) is 9.47 Å². The number of aromatic amines is 1. The molecular formula is C19H21N5O5S. The largest absolute Gasteiger partial charge is 0.497 e. The number of methoxy groups -OCH3 is 2. The van der Waals surface area contributed by atoms with Crippen LogP contribution in [0.15, 0.2) is 59.5 Å². The van der Waals surface area contributed by atoms with E-state index in [9.17, 15) is 13.2 Å². The van der Waals surface area contributed by atoms with E-state index in [1.807, 2.05) is 6.07 Å². The first kappa shape index (κ1) is 21.4. The van der Waals surface area contributed by atoms with E-state index >= 15 is 0 Å². The lowest BCUT2D eigenvalue weighted by Gasteiger charge is -2.28. The monoisotopic (exact) mass is 431 g/mol. The molecule has 0 aliphatic carbocycles. The Morgan fingerprint density at radius 3 is 2.37 bits per heavy atom. The second-order valence-electron chi connectivity index (χ2n) is 6.28. The number of rotatable bonds is 9. The number of aromatic nitrogens is 4. The molecule has 1 heterocycles. The molecule has 2 aromatic carbocycles. The van der Waals surface area contributed by atoms with Gasteiger partial charge < -0.3 is 9.47 Å². The Hall–Kier alpha value is -3.31. The lowest BCUT2D eigenvalue weighted by molar-refractivity contribution is -0.145. The minimum Gasteiger partial charge on any atom is -0.497 e. The molecule has 10 nitrogen and oxygen atoms in total. The summed E-state index contributed by atoms with van der Waals surface area (Å²) in [5.74, 6) is -0.0268. The van der Waals surface area contributed by atoms with Crippen LogP contribution in [0, 0.1) is 0 Å². The van der Waals surface area contributed by atoms with Gasteiger partial charge in [-0.2, -0.15) is 9.52 Å². The Morgan fingerprint density at radius 2 is 1.80 bits per heavy atom. The van der Waals surface area contributed by atoms with E-state index in [0.717, 1.165) is 4.31 Å². The highest BCUT2D eigenvalue weighted by Crippen LogP contribution is 2.25. The molecule has 3 aromatic rings. The zero-order valence-corrected chi connectivity index (χ0v) is 17.2. The van der Waals surface area contributed by atoms with Gasteiger partial charge in [-0.05, 0) is 29.8 Å². The lowest BCUT2D eigenvalue weighted by atomic mass is 10.1. The number of sulfonamides is 1. The zero-order chi connectivity index (χ0) is 21.6. The average Bonchev–Trinajstić information content (AvgIpc) is 3.29. The first-order valence-electron chi connectivity index (χ1n) is 8.95. The third kappa shape index (κ3) is 4.81. The molecular weight excluding hydrogens is 410 g/mol. The number of hydrogen-bond donors (Lipinski definition) is 1. The van der Waals surface area contributed by atoms with E-state index in [2.05, 4.69) is 20.6 Å². The number of benzene rings is 2. The number of esters is 1. The van der Waals surface area contributed by atoms with Crippen molar-refractivity contribution in [3.05, 3.63) is 66.0 Å². The molecule has 3 rings (SSSR count). The molecule has 0 aliphatic heterocycles. The molecule has 1 aromatic heterocycles. The molecule has 1 N–H and O–H groups in total. The fourth-order valence-electron chi connectivity index (χ4n) is 2.89. The Balaban J connectivity index is 2.05. The van der Waals surface area contributed by atoms with Gasteiger partial charge in [0, 0.05) is 13.0 Å². The minimum atomic E-state index is -4.09. The molecule has 0 saturated carbocycles. The summed E-state index contributed by atoms with van der Waals surface area (Å²) in [4.78, 5) is 12.6. The molecule has 0 fully saturated rings. The highest BCUT2D eigenvalue weighted by Gasteiger charge is 2.37. The third-order valence-corrected chi connectivity index (χ3v) is 6.30. The Kier molecular flexibility index (Phi) is 6.75. The molecule has 1 atom stereocenters. The summed E-state index contributed by atoms with van der Waals surface area (Å²) in [6, 6.07) is 13.7. The molecule has 11 heteroatoms. The van der Waals surface area contributed by atoms with E-state index < -0.39 is 22.0 Å². The Bertz CT molecular complexity index is 1060. The van der Waals surface area contributed by atoms with E-state index in [1.165, 1.54) is 26.4 Å². The van der Waals surface area contributed by atoms with Crippen LogP contribution in [0.25, 0.3) is 0 Å². The van der Waals surface area contributed by atoms with Crippen LogP contribution in [0.2, 0.25) is 0 Å². The predicted molar refractivity (Wildman–Crippen MR) is 106 cm³/mol. The fraction of sp³-hybridized carbons (Fsp3) is 0.263. The van der Waals surface area contributed by atoms with Gasteiger partial charge in [-0.15, -0.1) is 10.2 Å². The molecule has 0 unspecified atom stereocenters. The zero-order valence-electron chi connectivity index (χ0n) is 16.4. The summed E-state index contributed by atoms with van der Waals surface area (Å²) in [7, 11) is -1.40. The van der Waals surface area contributed by atoms with Crippen molar-refractivity contribution in [3.63, 3.8) is 0 Å². The number of carbonyl (C=O) groups is 1. The quantitative estimate of drug-likeness (QED) is 0.501. The van der Waals surface area contributed by atoms with Gasteiger partial charge in [0.25, 0.3) is 0 Å². The number of ether oxygens (including phenoxy) is 2. The fourth-order valence-corrected chi connectivity index (χ4v) is 4.46. The Labute approximate surface area is 173 Å². The van der Waals surface area contributed by atoms with Crippen molar-refractivity contribution in [2.24, 2.45) is 0 Å². The predicted octanol–water partition coefficient (Wildman–Crippen LogP) is 1.18. The topological polar surface area (TPSA) is 127 Å². The van der Waals surface area contributed by atoms with Gasteiger partial charge in [-0.3, -0.25) is 4.79 Å². The normalized spacial score (nSPS) is 12.5.